The van der Waals surface area contributed by atoms with Gasteiger partial charge in [-0.3, -0.25) is 4.99 Å². The first kappa shape index (κ1) is 16.8. The van der Waals surface area contributed by atoms with Crippen LogP contribution in [0.15, 0.2) is 29.3 Å². The van der Waals surface area contributed by atoms with Crippen molar-refractivity contribution in [2.24, 2.45) is 10.9 Å². The van der Waals surface area contributed by atoms with Crippen molar-refractivity contribution >= 4 is 5.96 Å². The van der Waals surface area contributed by atoms with E-state index in [4.69, 9.17) is 0 Å². The number of guanidine groups is 1. The highest BCUT2D eigenvalue weighted by Gasteiger charge is 2.19. The predicted octanol–water partition coefficient (Wildman–Crippen LogP) is 2.56. The van der Waals surface area contributed by atoms with Gasteiger partial charge in [0.05, 0.1) is 0 Å². The molecule has 1 aliphatic rings. The molecule has 4 nitrogen and oxygen atoms in total. The normalized spacial score (nSPS) is 19.6. The zero-order chi connectivity index (χ0) is 15.9. The fourth-order valence-corrected chi connectivity index (χ4v) is 3.11. The standard InChI is InChI=1S/C18H30N4/c1-15-8-7-11-22(13-15)18(19-2)20-12-16-9-5-6-10-17(16)14-21(3)4/h5-6,9-10,15H,7-8,11-14H2,1-4H3,(H,19,20). The SMILES string of the molecule is CN=C(NCc1ccccc1CN(C)C)N1CCCC(C)C1. The number of nitrogens with zero attached hydrogens (tertiary/aromatic N) is 3. The number of hydrogen-bond donors (Lipinski definition) is 1. The van der Waals surface area contributed by atoms with Gasteiger partial charge in [0, 0.05) is 33.2 Å². The maximum Gasteiger partial charge on any atom is 0.193 e. The Morgan fingerprint density at radius 2 is 2.05 bits per heavy atom. The molecular formula is C18H30N4. The maximum absolute atomic E-state index is 4.47. The molecule has 1 aromatic carbocycles. The molecule has 0 radical (unpaired) electrons. The van der Waals surface area contributed by atoms with Crippen molar-refractivity contribution in [1.82, 2.24) is 15.1 Å². The van der Waals surface area contributed by atoms with Gasteiger partial charge in [-0.1, -0.05) is 31.2 Å². The first-order valence-electron chi connectivity index (χ1n) is 8.27. The van der Waals surface area contributed by atoms with Gasteiger partial charge >= 0.3 is 0 Å². The van der Waals surface area contributed by atoms with Crippen LogP contribution in [0.1, 0.15) is 30.9 Å². The third-order valence-corrected chi connectivity index (χ3v) is 4.21. The van der Waals surface area contributed by atoms with Crippen LogP contribution in [0, 0.1) is 5.92 Å². The van der Waals surface area contributed by atoms with E-state index in [0.717, 1.165) is 38.1 Å². The van der Waals surface area contributed by atoms with Crippen molar-refractivity contribution in [3.8, 4) is 0 Å². The van der Waals surface area contributed by atoms with Gasteiger partial charge in [0.2, 0.25) is 0 Å². The summed E-state index contributed by atoms with van der Waals surface area (Å²) >= 11 is 0. The first-order valence-corrected chi connectivity index (χ1v) is 8.27. The van der Waals surface area contributed by atoms with Crippen LogP contribution in [0.25, 0.3) is 0 Å². The zero-order valence-corrected chi connectivity index (χ0v) is 14.5. The summed E-state index contributed by atoms with van der Waals surface area (Å²) in [5, 5.41) is 3.55. The van der Waals surface area contributed by atoms with E-state index in [1.807, 2.05) is 7.05 Å². The third-order valence-electron chi connectivity index (χ3n) is 4.21. The number of nitrogens with one attached hydrogen (secondary N) is 1. The molecular weight excluding hydrogens is 272 g/mol. The molecule has 1 aliphatic heterocycles. The van der Waals surface area contributed by atoms with E-state index in [1.165, 1.54) is 24.0 Å². The number of rotatable bonds is 4. The largest absolute Gasteiger partial charge is 0.352 e. The number of aliphatic imine (C=N–C) groups is 1. The van der Waals surface area contributed by atoms with Gasteiger partial charge in [-0.25, -0.2) is 0 Å². The molecule has 0 aromatic heterocycles. The molecule has 1 heterocycles. The van der Waals surface area contributed by atoms with E-state index in [2.05, 4.69) is 65.4 Å². The molecule has 0 saturated carbocycles. The lowest BCUT2D eigenvalue weighted by Gasteiger charge is -2.33. The van der Waals surface area contributed by atoms with Crippen molar-refractivity contribution in [3.63, 3.8) is 0 Å². The van der Waals surface area contributed by atoms with Crippen molar-refractivity contribution in [1.29, 1.82) is 0 Å². The smallest absolute Gasteiger partial charge is 0.193 e. The van der Waals surface area contributed by atoms with Crippen LogP contribution in [-0.4, -0.2) is 50.0 Å². The summed E-state index contributed by atoms with van der Waals surface area (Å²) in [6, 6.07) is 8.64. The quantitative estimate of drug-likeness (QED) is 0.685. The van der Waals surface area contributed by atoms with Crippen LogP contribution < -0.4 is 5.32 Å². The molecule has 1 saturated heterocycles. The van der Waals surface area contributed by atoms with Crippen molar-refractivity contribution in [3.05, 3.63) is 35.4 Å². The lowest BCUT2D eigenvalue weighted by molar-refractivity contribution is 0.266. The highest BCUT2D eigenvalue weighted by Crippen LogP contribution is 2.16. The summed E-state index contributed by atoms with van der Waals surface area (Å²) in [4.78, 5) is 9.07. The Bertz CT molecular complexity index is 496. The van der Waals surface area contributed by atoms with E-state index in [0.29, 0.717) is 0 Å². The van der Waals surface area contributed by atoms with E-state index >= 15 is 0 Å². The van der Waals surface area contributed by atoms with Gasteiger partial charge in [-0.15, -0.1) is 0 Å². The van der Waals surface area contributed by atoms with Crippen molar-refractivity contribution < 1.29 is 0 Å². The zero-order valence-electron chi connectivity index (χ0n) is 14.5. The Hall–Kier alpha value is -1.55. The highest BCUT2D eigenvalue weighted by atomic mass is 15.3. The van der Waals surface area contributed by atoms with Gasteiger partial charge in [0.15, 0.2) is 5.96 Å². The second-order valence-electron chi connectivity index (χ2n) is 6.60. The van der Waals surface area contributed by atoms with Gasteiger partial charge < -0.3 is 15.1 Å². The van der Waals surface area contributed by atoms with Crippen LogP contribution in [0.3, 0.4) is 0 Å². The van der Waals surface area contributed by atoms with Crippen LogP contribution in [0.2, 0.25) is 0 Å². The summed E-state index contributed by atoms with van der Waals surface area (Å²) in [7, 11) is 6.10. The van der Waals surface area contributed by atoms with E-state index in [-0.39, 0.29) is 0 Å². The average Bonchev–Trinajstić information content (AvgIpc) is 2.49. The minimum absolute atomic E-state index is 0.758. The van der Waals surface area contributed by atoms with Crippen LogP contribution in [0.5, 0.6) is 0 Å². The van der Waals surface area contributed by atoms with Crippen LogP contribution in [-0.2, 0) is 13.1 Å². The fraction of sp³-hybridized carbons (Fsp3) is 0.611. The second-order valence-corrected chi connectivity index (χ2v) is 6.60. The molecule has 1 unspecified atom stereocenters. The third kappa shape index (κ3) is 4.73. The topological polar surface area (TPSA) is 30.9 Å². The predicted molar refractivity (Wildman–Crippen MR) is 94.0 cm³/mol. The van der Waals surface area contributed by atoms with E-state index < -0.39 is 0 Å². The molecule has 0 bridgehead atoms. The molecule has 1 atom stereocenters. The minimum atomic E-state index is 0.758. The number of piperidine rings is 1. The van der Waals surface area contributed by atoms with Gasteiger partial charge in [0.1, 0.15) is 0 Å². The van der Waals surface area contributed by atoms with Gasteiger partial charge in [-0.2, -0.15) is 0 Å². The molecule has 1 aromatic rings. The summed E-state index contributed by atoms with van der Waals surface area (Å²) in [5.74, 6) is 1.79. The second kappa shape index (κ2) is 8.18. The molecule has 122 valence electrons. The minimum Gasteiger partial charge on any atom is -0.352 e. The average molecular weight is 302 g/mol. The highest BCUT2D eigenvalue weighted by molar-refractivity contribution is 5.80. The van der Waals surface area contributed by atoms with Gasteiger partial charge in [-0.05, 0) is 44.0 Å². The van der Waals surface area contributed by atoms with Crippen LogP contribution in [0.4, 0.5) is 0 Å². The Morgan fingerprint density at radius 1 is 1.32 bits per heavy atom. The number of benzene rings is 1. The monoisotopic (exact) mass is 302 g/mol. The Morgan fingerprint density at radius 3 is 2.68 bits per heavy atom. The van der Waals surface area contributed by atoms with E-state index in [1.54, 1.807) is 0 Å². The summed E-state index contributed by atoms with van der Waals surface area (Å²) in [6.45, 7) is 6.35. The Balaban J connectivity index is 1.99. The summed E-state index contributed by atoms with van der Waals surface area (Å²) in [6.07, 6.45) is 2.60. The van der Waals surface area contributed by atoms with E-state index in [9.17, 15) is 0 Å². The fourth-order valence-electron chi connectivity index (χ4n) is 3.11. The molecule has 22 heavy (non-hydrogen) atoms. The molecule has 4 heteroatoms. The molecule has 1 fully saturated rings. The molecule has 0 spiro atoms. The molecule has 1 N–H and O–H groups in total. The van der Waals surface area contributed by atoms with Crippen LogP contribution >= 0.6 is 0 Å². The summed E-state index contributed by atoms with van der Waals surface area (Å²) < 4.78 is 0. The van der Waals surface area contributed by atoms with Crippen molar-refractivity contribution in [2.45, 2.75) is 32.9 Å². The summed E-state index contributed by atoms with van der Waals surface area (Å²) in [5.41, 5.74) is 2.73. The maximum atomic E-state index is 4.47. The number of hydrogen-bond acceptors (Lipinski definition) is 2. The molecule has 0 amide bonds. The first-order chi connectivity index (χ1) is 10.6. The lowest BCUT2D eigenvalue weighted by atomic mass is 10.0. The molecule has 2 rings (SSSR count). The molecule has 0 aliphatic carbocycles. The number of likely N-dealkylation sites (tertiary alicyclic amines) is 1. The Kier molecular flexibility index (Phi) is 6.25. The lowest BCUT2D eigenvalue weighted by Crippen LogP contribution is -2.46. The van der Waals surface area contributed by atoms with Gasteiger partial charge in [0.25, 0.3) is 0 Å². The van der Waals surface area contributed by atoms with Crippen molar-refractivity contribution in [2.75, 3.05) is 34.2 Å². The Labute approximate surface area is 135 Å².